The molecule has 18 heavy (non-hydrogen) atoms. The van der Waals surface area contributed by atoms with Crippen LogP contribution in [0.2, 0.25) is 0 Å². The molecule has 0 aliphatic carbocycles. The van der Waals surface area contributed by atoms with Gasteiger partial charge in [-0.1, -0.05) is 13.8 Å². The molecule has 0 saturated carbocycles. The van der Waals surface area contributed by atoms with Crippen molar-refractivity contribution in [2.45, 2.75) is 58.1 Å². The highest BCUT2D eigenvalue weighted by Crippen LogP contribution is 2.20. The minimum Gasteiger partial charge on any atom is -0.378 e. The number of ether oxygens (including phenoxy) is 1. The van der Waals surface area contributed by atoms with E-state index in [1.165, 1.54) is 12.8 Å². The van der Waals surface area contributed by atoms with Crippen LogP contribution in [0.4, 0.5) is 0 Å². The average molecular weight is 269 g/mol. The Hall–Kier alpha value is -0.520. The minimum atomic E-state index is 0.383. The van der Waals surface area contributed by atoms with Crippen molar-refractivity contribution in [1.82, 2.24) is 15.5 Å². The molecule has 1 unspecified atom stereocenters. The first-order chi connectivity index (χ1) is 8.74. The molecule has 1 aliphatic heterocycles. The summed E-state index contributed by atoms with van der Waals surface area (Å²) in [4.78, 5) is 0. The lowest BCUT2D eigenvalue weighted by Gasteiger charge is -2.06. The Bertz CT molecular complexity index is 348. The predicted octanol–water partition coefficient (Wildman–Crippen LogP) is 2.19. The van der Waals surface area contributed by atoms with E-state index in [1.54, 1.807) is 11.3 Å². The fraction of sp³-hybridized carbons (Fsp3) is 0.846. The van der Waals surface area contributed by atoms with Crippen LogP contribution in [0.5, 0.6) is 0 Å². The van der Waals surface area contributed by atoms with Crippen molar-refractivity contribution in [2.24, 2.45) is 0 Å². The normalized spacial score (nSPS) is 19.8. The van der Waals surface area contributed by atoms with Crippen molar-refractivity contribution in [3.8, 4) is 0 Å². The van der Waals surface area contributed by atoms with Gasteiger partial charge in [0, 0.05) is 25.5 Å². The highest BCUT2D eigenvalue weighted by Gasteiger charge is 2.18. The maximum Gasteiger partial charge on any atom is 0.120 e. The Balaban J connectivity index is 1.68. The van der Waals surface area contributed by atoms with Crippen LogP contribution in [0.3, 0.4) is 0 Å². The zero-order valence-electron chi connectivity index (χ0n) is 11.3. The lowest BCUT2D eigenvalue weighted by Crippen LogP contribution is -2.23. The van der Waals surface area contributed by atoms with Gasteiger partial charge < -0.3 is 10.1 Å². The summed E-state index contributed by atoms with van der Waals surface area (Å²) in [7, 11) is 0. The second kappa shape index (κ2) is 7.16. The number of hydrogen-bond acceptors (Lipinski definition) is 5. The van der Waals surface area contributed by atoms with Gasteiger partial charge in [0.15, 0.2) is 0 Å². The van der Waals surface area contributed by atoms with Crippen molar-refractivity contribution in [3.05, 3.63) is 10.0 Å². The van der Waals surface area contributed by atoms with Gasteiger partial charge in [-0.2, -0.15) is 0 Å². The molecule has 102 valence electrons. The first kappa shape index (κ1) is 13.9. The van der Waals surface area contributed by atoms with Crippen LogP contribution in [-0.2, 0) is 17.6 Å². The first-order valence-electron chi connectivity index (χ1n) is 6.90. The van der Waals surface area contributed by atoms with E-state index in [0.717, 1.165) is 42.4 Å². The molecule has 1 aromatic heterocycles. The fourth-order valence-corrected chi connectivity index (χ4v) is 3.05. The van der Waals surface area contributed by atoms with Crippen LogP contribution in [0.25, 0.3) is 0 Å². The van der Waals surface area contributed by atoms with E-state index in [2.05, 4.69) is 29.4 Å². The molecular weight excluding hydrogens is 246 g/mol. The summed E-state index contributed by atoms with van der Waals surface area (Å²) in [6.45, 7) is 6.31. The van der Waals surface area contributed by atoms with Gasteiger partial charge in [0.2, 0.25) is 0 Å². The summed E-state index contributed by atoms with van der Waals surface area (Å²) in [5.41, 5.74) is 0. The zero-order valence-corrected chi connectivity index (χ0v) is 12.1. The highest BCUT2D eigenvalue weighted by molar-refractivity contribution is 7.11. The van der Waals surface area contributed by atoms with Gasteiger partial charge in [-0.05, 0) is 25.8 Å². The molecule has 0 bridgehead atoms. The van der Waals surface area contributed by atoms with E-state index >= 15 is 0 Å². The molecule has 1 saturated heterocycles. The van der Waals surface area contributed by atoms with Gasteiger partial charge in [-0.3, -0.25) is 0 Å². The van der Waals surface area contributed by atoms with E-state index in [4.69, 9.17) is 4.74 Å². The Morgan fingerprint density at radius 1 is 1.39 bits per heavy atom. The lowest BCUT2D eigenvalue weighted by molar-refractivity contribution is 0.111. The topological polar surface area (TPSA) is 47.0 Å². The summed E-state index contributed by atoms with van der Waals surface area (Å²) in [5.74, 6) is 0. The number of aromatic nitrogens is 2. The molecule has 1 fully saturated rings. The number of aryl methyl sites for hydroxylation is 1. The molecule has 1 N–H and O–H groups in total. The summed E-state index contributed by atoms with van der Waals surface area (Å²) < 4.78 is 5.62. The summed E-state index contributed by atoms with van der Waals surface area (Å²) in [6.07, 6.45) is 5.86. The van der Waals surface area contributed by atoms with Crippen LogP contribution in [0, 0.1) is 0 Å². The molecule has 0 aromatic carbocycles. The maximum absolute atomic E-state index is 5.62. The van der Waals surface area contributed by atoms with Crippen molar-refractivity contribution in [3.63, 3.8) is 0 Å². The Morgan fingerprint density at radius 2 is 2.22 bits per heavy atom. The Morgan fingerprint density at radius 3 is 2.94 bits per heavy atom. The molecule has 2 rings (SSSR count). The molecule has 0 radical (unpaired) electrons. The molecule has 0 spiro atoms. The van der Waals surface area contributed by atoms with Gasteiger partial charge in [0.25, 0.3) is 0 Å². The third-order valence-corrected chi connectivity index (χ3v) is 4.06. The second-order valence-corrected chi connectivity index (χ2v) is 6.29. The van der Waals surface area contributed by atoms with Crippen molar-refractivity contribution < 1.29 is 4.74 Å². The summed E-state index contributed by atoms with van der Waals surface area (Å²) >= 11 is 1.75. The van der Waals surface area contributed by atoms with Crippen molar-refractivity contribution >= 4 is 11.3 Å². The van der Waals surface area contributed by atoms with Crippen LogP contribution in [0.15, 0.2) is 0 Å². The number of hydrogen-bond donors (Lipinski definition) is 1. The van der Waals surface area contributed by atoms with Crippen molar-refractivity contribution in [2.75, 3.05) is 13.2 Å². The highest BCUT2D eigenvalue weighted by atomic mass is 32.1. The van der Waals surface area contributed by atoms with Gasteiger partial charge in [0.1, 0.15) is 10.0 Å². The van der Waals surface area contributed by atoms with Gasteiger partial charge in [-0.15, -0.1) is 21.5 Å². The molecule has 1 aromatic rings. The van der Waals surface area contributed by atoms with E-state index in [-0.39, 0.29) is 0 Å². The van der Waals surface area contributed by atoms with Crippen LogP contribution < -0.4 is 5.32 Å². The standard InChI is InChI=1S/C13H23N3OS/c1-10(2)14-7-3-6-12-15-16-13(18-12)9-11-5-4-8-17-11/h10-11,14H,3-9H2,1-2H3. The third-order valence-electron chi connectivity index (χ3n) is 3.05. The second-order valence-electron chi connectivity index (χ2n) is 5.14. The van der Waals surface area contributed by atoms with Gasteiger partial charge >= 0.3 is 0 Å². The molecule has 5 heteroatoms. The molecule has 0 amide bonds. The van der Waals surface area contributed by atoms with E-state index in [9.17, 15) is 0 Å². The molecule has 1 atom stereocenters. The van der Waals surface area contributed by atoms with Crippen LogP contribution in [-0.4, -0.2) is 35.5 Å². The van der Waals surface area contributed by atoms with Crippen LogP contribution >= 0.6 is 11.3 Å². The molecule has 4 nitrogen and oxygen atoms in total. The lowest BCUT2D eigenvalue weighted by atomic mass is 10.2. The fourth-order valence-electron chi connectivity index (χ4n) is 2.10. The smallest absolute Gasteiger partial charge is 0.120 e. The molecule has 1 aliphatic rings. The van der Waals surface area contributed by atoms with Gasteiger partial charge in [-0.25, -0.2) is 0 Å². The van der Waals surface area contributed by atoms with Crippen LogP contribution in [0.1, 0.15) is 43.1 Å². The number of rotatable bonds is 7. The summed E-state index contributed by atoms with van der Waals surface area (Å²) in [6, 6.07) is 0.564. The van der Waals surface area contributed by atoms with E-state index in [1.807, 2.05) is 0 Å². The number of nitrogens with zero attached hydrogens (tertiary/aromatic N) is 2. The molecular formula is C13H23N3OS. The average Bonchev–Trinajstić information content (AvgIpc) is 2.97. The van der Waals surface area contributed by atoms with E-state index in [0.29, 0.717) is 12.1 Å². The number of nitrogens with one attached hydrogen (secondary N) is 1. The maximum atomic E-state index is 5.62. The zero-order chi connectivity index (χ0) is 12.8. The monoisotopic (exact) mass is 269 g/mol. The largest absolute Gasteiger partial charge is 0.378 e. The Labute approximate surface area is 113 Å². The molecule has 2 heterocycles. The minimum absolute atomic E-state index is 0.383. The first-order valence-corrected chi connectivity index (χ1v) is 7.72. The van der Waals surface area contributed by atoms with E-state index < -0.39 is 0 Å². The third kappa shape index (κ3) is 4.63. The van der Waals surface area contributed by atoms with Crippen molar-refractivity contribution in [1.29, 1.82) is 0 Å². The summed E-state index contributed by atoms with van der Waals surface area (Å²) in [5, 5.41) is 14.2. The predicted molar refractivity (Wildman–Crippen MR) is 74.0 cm³/mol. The van der Waals surface area contributed by atoms with Gasteiger partial charge in [0.05, 0.1) is 6.10 Å². The quantitative estimate of drug-likeness (QED) is 0.771. The Kier molecular flexibility index (Phi) is 5.53. The SMILES string of the molecule is CC(C)NCCCc1nnc(CC2CCCO2)s1.